The molecule has 1 saturated carbocycles. The first-order chi connectivity index (χ1) is 8.16. The zero-order valence-electron chi connectivity index (χ0n) is 10.7. The summed E-state index contributed by atoms with van der Waals surface area (Å²) >= 11 is 0. The Kier molecular flexibility index (Phi) is 3.89. The summed E-state index contributed by atoms with van der Waals surface area (Å²) in [6.07, 6.45) is 4.14. The average molecular weight is 234 g/mol. The van der Waals surface area contributed by atoms with E-state index in [0.717, 1.165) is 24.9 Å². The second kappa shape index (κ2) is 5.41. The largest absolute Gasteiger partial charge is 0.391 e. The lowest BCUT2D eigenvalue weighted by Gasteiger charge is -2.29. The topological polar surface area (TPSA) is 35.5 Å². The third kappa shape index (κ3) is 3.13. The summed E-state index contributed by atoms with van der Waals surface area (Å²) < 4.78 is 0. The molecular weight excluding hydrogens is 212 g/mol. The van der Waals surface area contributed by atoms with E-state index in [1.54, 1.807) is 0 Å². The third-order valence-electron chi connectivity index (χ3n) is 3.44. The lowest BCUT2D eigenvalue weighted by molar-refractivity contribution is 0.116. The fraction of sp³-hybridized carbons (Fsp3) is 0.571. The van der Waals surface area contributed by atoms with Crippen molar-refractivity contribution in [2.75, 3.05) is 24.3 Å². The summed E-state index contributed by atoms with van der Waals surface area (Å²) in [5.41, 5.74) is 2.28. The van der Waals surface area contributed by atoms with Gasteiger partial charge in [-0.05, 0) is 31.0 Å². The summed E-state index contributed by atoms with van der Waals surface area (Å²) in [6.45, 7) is 0. The molecule has 3 heteroatoms. The molecule has 0 amide bonds. The molecular formula is C14H22N2O. The minimum Gasteiger partial charge on any atom is -0.391 e. The number of nitrogens with zero attached hydrogens (tertiary/aromatic N) is 1. The Labute approximate surface area is 103 Å². The summed E-state index contributed by atoms with van der Waals surface area (Å²) in [7, 11) is 4.07. The lowest BCUT2D eigenvalue weighted by Crippen LogP contribution is -2.36. The molecule has 0 aliphatic heterocycles. The molecule has 1 aliphatic rings. The highest BCUT2D eigenvalue weighted by molar-refractivity contribution is 5.57. The van der Waals surface area contributed by atoms with Gasteiger partial charge in [0.2, 0.25) is 0 Å². The molecule has 0 saturated heterocycles. The SMILES string of the molecule is CN(C)c1cccc(NC2CCCCC2O)c1. The fourth-order valence-electron chi connectivity index (χ4n) is 2.37. The molecule has 1 aromatic rings. The van der Waals surface area contributed by atoms with Crippen LogP contribution in [0.1, 0.15) is 25.7 Å². The van der Waals surface area contributed by atoms with Crippen molar-refractivity contribution in [3.8, 4) is 0 Å². The van der Waals surface area contributed by atoms with Crippen LogP contribution in [0, 0.1) is 0 Å². The quantitative estimate of drug-likeness (QED) is 0.843. The smallest absolute Gasteiger partial charge is 0.0741 e. The average Bonchev–Trinajstić information content (AvgIpc) is 2.32. The Balaban J connectivity index is 2.04. The van der Waals surface area contributed by atoms with E-state index in [4.69, 9.17) is 0 Å². The standard InChI is InChI=1S/C14H22N2O/c1-16(2)12-7-5-6-11(10-12)15-13-8-3-4-9-14(13)17/h5-7,10,13-15,17H,3-4,8-9H2,1-2H3. The maximum Gasteiger partial charge on any atom is 0.0741 e. The first kappa shape index (κ1) is 12.2. The van der Waals surface area contributed by atoms with Gasteiger partial charge in [0.25, 0.3) is 0 Å². The maximum absolute atomic E-state index is 9.94. The lowest BCUT2D eigenvalue weighted by atomic mass is 9.92. The molecule has 1 aliphatic carbocycles. The van der Waals surface area contributed by atoms with E-state index in [1.165, 1.54) is 12.1 Å². The van der Waals surface area contributed by atoms with E-state index in [9.17, 15) is 5.11 Å². The van der Waals surface area contributed by atoms with Crippen LogP contribution in [0.2, 0.25) is 0 Å². The first-order valence-corrected chi connectivity index (χ1v) is 6.39. The normalized spacial score (nSPS) is 24.4. The van der Waals surface area contributed by atoms with Crippen LogP contribution in [0.4, 0.5) is 11.4 Å². The molecule has 0 aromatic heterocycles. The van der Waals surface area contributed by atoms with Gasteiger partial charge in [0, 0.05) is 25.5 Å². The highest BCUT2D eigenvalue weighted by Crippen LogP contribution is 2.24. The Bertz CT molecular complexity index is 365. The predicted molar refractivity (Wildman–Crippen MR) is 72.7 cm³/mol. The molecule has 2 N–H and O–H groups in total. The van der Waals surface area contributed by atoms with E-state index in [0.29, 0.717) is 0 Å². The van der Waals surface area contributed by atoms with E-state index in [-0.39, 0.29) is 12.1 Å². The molecule has 17 heavy (non-hydrogen) atoms. The van der Waals surface area contributed by atoms with Crippen molar-refractivity contribution in [1.82, 2.24) is 0 Å². The Hall–Kier alpha value is -1.22. The van der Waals surface area contributed by atoms with Crippen LogP contribution in [0.3, 0.4) is 0 Å². The van der Waals surface area contributed by atoms with Crippen LogP contribution in [0.15, 0.2) is 24.3 Å². The second-order valence-electron chi connectivity index (χ2n) is 5.05. The number of anilines is 2. The van der Waals surface area contributed by atoms with Crippen LogP contribution in [-0.4, -0.2) is 31.3 Å². The van der Waals surface area contributed by atoms with Gasteiger partial charge in [0.1, 0.15) is 0 Å². The van der Waals surface area contributed by atoms with Gasteiger partial charge in [0.05, 0.1) is 12.1 Å². The fourth-order valence-corrected chi connectivity index (χ4v) is 2.37. The number of rotatable bonds is 3. The molecule has 0 heterocycles. The van der Waals surface area contributed by atoms with Crippen LogP contribution >= 0.6 is 0 Å². The molecule has 1 aromatic carbocycles. The molecule has 0 spiro atoms. The van der Waals surface area contributed by atoms with Crippen molar-refractivity contribution in [2.45, 2.75) is 37.8 Å². The van der Waals surface area contributed by atoms with Gasteiger partial charge < -0.3 is 15.3 Å². The summed E-state index contributed by atoms with van der Waals surface area (Å²) in [5.74, 6) is 0. The Morgan fingerprint density at radius 3 is 2.71 bits per heavy atom. The van der Waals surface area contributed by atoms with E-state index < -0.39 is 0 Å². The minimum atomic E-state index is -0.202. The Morgan fingerprint density at radius 2 is 2.00 bits per heavy atom. The predicted octanol–water partition coefficient (Wildman–Crippen LogP) is 2.47. The van der Waals surface area contributed by atoms with Crippen molar-refractivity contribution in [2.24, 2.45) is 0 Å². The summed E-state index contributed by atoms with van der Waals surface area (Å²) in [5, 5.41) is 13.4. The molecule has 3 nitrogen and oxygen atoms in total. The first-order valence-electron chi connectivity index (χ1n) is 6.39. The van der Waals surface area contributed by atoms with Gasteiger partial charge in [-0.3, -0.25) is 0 Å². The van der Waals surface area contributed by atoms with E-state index in [1.807, 2.05) is 20.2 Å². The zero-order valence-corrected chi connectivity index (χ0v) is 10.7. The zero-order chi connectivity index (χ0) is 12.3. The minimum absolute atomic E-state index is 0.202. The highest BCUT2D eigenvalue weighted by atomic mass is 16.3. The number of aliphatic hydroxyl groups excluding tert-OH is 1. The number of aliphatic hydroxyl groups is 1. The van der Waals surface area contributed by atoms with Gasteiger partial charge in [0.15, 0.2) is 0 Å². The summed E-state index contributed by atoms with van der Waals surface area (Å²) in [4.78, 5) is 2.09. The van der Waals surface area contributed by atoms with Crippen molar-refractivity contribution in [3.63, 3.8) is 0 Å². The second-order valence-corrected chi connectivity index (χ2v) is 5.05. The number of hydrogen-bond donors (Lipinski definition) is 2. The van der Waals surface area contributed by atoms with Crippen LogP contribution in [0.5, 0.6) is 0 Å². The van der Waals surface area contributed by atoms with Crippen molar-refractivity contribution < 1.29 is 5.11 Å². The molecule has 2 unspecified atom stereocenters. The molecule has 2 rings (SSSR count). The van der Waals surface area contributed by atoms with Crippen molar-refractivity contribution in [3.05, 3.63) is 24.3 Å². The van der Waals surface area contributed by atoms with Crippen molar-refractivity contribution >= 4 is 11.4 Å². The molecule has 0 bridgehead atoms. The number of benzene rings is 1. The van der Waals surface area contributed by atoms with Crippen LogP contribution in [0.25, 0.3) is 0 Å². The Morgan fingerprint density at radius 1 is 1.24 bits per heavy atom. The molecule has 2 atom stereocenters. The van der Waals surface area contributed by atoms with Gasteiger partial charge in [-0.1, -0.05) is 18.9 Å². The maximum atomic E-state index is 9.94. The van der Waals surface area contributed by atoms with Gasteiger partial charge in [-0.15, -0.1) is 0 Å². The van der Waals surface area contributed by atoms with Crippen molar-refractivity contribution in [1.29, 1.82) is 0 Å². The monoisotopic (exact) mass is 234 g/mol. The summed E-state index contributed by atoms with van der Waals surface area (Å²) in [6, 6.07) is 8.53. The third-order valence-corrected chi connectivity index (χ3v) is 3.44. The van der Waals surface area contributed by atoms with Crippen LogP contribution in [-0.2, 0) is 0 Å². The number of nitrogens with one attached hydrogen (secondary N) is 1. The van der Waals surface area contributed by atoms with Gasteiger partial charge in [-0.25, -0.2) is 0 Å². The number of hydrogen-bond acceptors (Lipinski definition) is 3. The molecule has 1 fully saturated rings. The molecule has 0 radical (unpaired) electrons. The molecule has 94 valence electrons. The van der Waals surface area contributed by atoms with Gasteiger partial charge in [-0.2, -0.15) is 0 Å². The van der Waals surface area contributed by atoms with E-state index >= 15 is 0 Å². The van der Waals surface area contributed by atoms with Crippen LogP contribution < -0.4 is 10.2 Å². The van der Waals surface area contributed by atoms with Gasteiger partial charge >= 0.3 is 0 Å². The van der Waals surface area contributed by atoms with E-state index in [2.05, 4.69) is 28.4 Å². The highest BCUT2D eigenvalue weighted by Gasteiger charge is 2.22.